The molecule has 0 aliphatic carbocycles. The number of aromatic nitrogens is 4. The van der Waals surface area contributed by atoms with Crippen LogP contribution in [0, 0.1) is 11.6 Å². The predicted molar refractivity (Wildman–Crippen MR) is 139 cm³/mol. The van der Waals surface area contributed by atoms with E-state index >= 15 is 0 Å². The van der Waals surface area contributed by atoms with E-state index in [4.69, 9.17) is 11.5 Å². The Bertz CT molecular complexity index is 1390. The van der Waals surface area contributed by atoms with Crippen LogP contribution in [0.3, 0.4) is 0 Å². The topological polar surface area (TPSA) is 243 Å². The maximum atomic E-state index is 14.5. The summed E-state index contributed by atoms with van der Waals surface area (Å²) in [6.07, 6.45) is 1.32. The summed E-state index contributed by atoms with van der Waals surface area (Å²) in [6, 6.07) is 8.38. The fraction of sp³-hybridized carbons (Fsp3) is 0.182. The van der Waals surface area contributed by atoms with Crippen molar-refractivity contribution in [2.75, 3.05) is 35.2 Å². The van der Waals surface area contributed by atoms with Crippen molar-refractivity contribution >= 4 is 46.1 Å². The number of nitrogen functional groups attached to an aromatic ring is 2. The van der Waals surface area contributed by atoms with Crippen LogP contribution >= 0.6 is 0 Å². The minimum Gasteiger partial charge on any atom is -0.383 e. The molecular formula is C22H24F2N12O4. The first-order valence-electron chi connectivity index (χ1n) is 11.6. The number of halogens is 2. The summed E-state index contributed by atoms with van der Waals surface area (Å²) >= 11 is 0. The largest absolute Gasteiger partial charge is 0.383 e. The summed E-state index contributed by atoms with van der Waals surface area (Å²) in [5, 5.41) is 38.3. The number of hydrogen-bond donors (Lipinski definition) is 8. The van der Waals surface area contributed by atoms with E-state index in [0.717, 1.165) is 0 Å². The minimum absolute atomic E-state index is 0.0255. The third-order valence-electron chi connectivity index (χ3n) is 5.31. The second-order valence-corrected chi connectivity index (χ2v) is 8.03. The number of nitrogens with one attached hydrogen (secondary N) is 4. The second-order valence-electron chi connectivity index (χ2n) is 8.03. The normalized spacial score (nSPS) is 11.9. The molecule has 0 aliphatic heterocycles. The molecular weight excluding hydrogens is 534 g/mol. The van der Waals surface area contributed by atoms with Gasteiger partial charge in [-0.1, -0.05) is 0 Å². The molecule has 0 bridgehead atoms. The number of rotatable bonds is 11. The monoisotopic (exact) mass is 558 g/mol. The van der Waals surface area contributed by atoms with Gasteiger partial charge in [-0.3, -0.25) is 21.4 Å². The van der Waals surface area contributed by atoms with Gasteiger partial charge in [-0.05, 0) is 57.7 Å². The van der Waals surface area contributed by atoms with Gasteiger partial charge in [0.15, 0.2) is 34.7 Å². The van der Waals surface area contributed by atoms with Gasteiger partial charge in [0.25, 0.3) is 0 Å². The molecule has 2 aromatic carbocycles. The highest BCUT2D eigenvalue weighted by Gasteiger charge is 2.15. The summed E-state index contributed by atoms with van der Waals surface area (Å²) in [5.41, 5.74) is 15.6. The molecule has 0 atom stereocenters. The molecule has 0 aliphatic rings. The second kappa shape index (κ2) is 12.9. The molecule has 2 aromatic heterocycles. The first-order chi connectivity index (χ1) is 19.4. The van der Waals surface area contributed by atoms with Gasteiger partial charge < -0.3 is 22.1 Å². The van der Waals surface area contributed by atoms with Gasteiger partial charge in [0.05, 0.1) is 22.7 Å². The zero-order valence-corrected chi connectivity index (χ0v) is 20.6. The fourth-order valence-corrected chi connectivity index (χ4v) is 3.37. The lowest BCUT2D eigenvalue weighted by Crippen LogP contribution is -2.21. The van der Waals surface area contributed by atoms with Crippen LogP contribution in [0.2, 0.25) is 0 Å². The van der Waals surface area contributed by atoms with Crippen molar-refractivity contribution in [3.63, 3.8) is 0 Å². The maximum Gasteiger partial charge on any atom is 0.199 e. The molecule has 0 fully saturated rings. The number of hydroxylamine groups is 2. The number of anilines is 4. The third-order valence-corrected chi connectivity index (χ3v) is 5.31. The van der Waals surface area contributed by atoms with Crippen LogP contribution in [-0.2, 0) is 0 Å². The van der Waals surface area contributed by atoms with Crippen molar-refractivity contribution in [2.24, 2.45) is 9.98 Å². The number of aliphatic imine (C=N–C) groups is 2. The van der Waals surface area contributed by atoms with Crippen molar-refractivity contribution in [2.45, 2.75) is 12.8 Å². The van der Waals surface area contributed by atoms with Crippen molar-refractivity contribution in [3.8, 4) is 0 Å². The number of benzene rings is 2. The standard InChI is InChI=1S/C22H24F2N12O4/c23-13-9-11(29-21(31-37)17-19(25)35-39-33-17)3-5-15(13)27-7-1-2-8-28-16-6-4-12(10-14(16)24)30-22(32-38)18-20(26)36-40-34-18/h3-6,9-10,27-28,37-38H,1-2,7-8H2,(H2,25,35)(H2,26,36)(H,29,31)(H,30,32). The molecule has 0 amide bonds. The number of nitrogens with two attached hydrogens (primary N) is 2. The fourth-order valence-electron chi connectivity index (χ4n) is 3.37. The summed E-state index contributed by atoms with van der Waals surface area (Å²) in [5.74, 6) is -1.64. The first-order valence-corrected chi connectivity index (χ1v) is 11.6. The average Bonchev–Trinajstić information content (AvgIpc) is 3.57. The highest BCUT2D eigenvalue weighted by atomic mass is 19.1. The van der Waals surface area contributed by atoms with Crippen molar-refractivity contribution in [1.29, 1.82) is 0 Å². The SMILES string of the molecule is Nc1nonc1C(=Nc1ccc(NCCCCNc2ccc(N=C(NO)c3nonc3N)cc2F)c(F)c1)NO. The summed E-state index contributed by atoms with van der Waals surface area (Å²) < 4.78 is 38.0. The highest BCUT2D eigenvalue weighted by molar-refractivity contribution is 6.01. The van der Waals surface area contributed by atoms with Gasteiger partial charge in [-0.25, -0.2) is 28.0 Å². The van der Waals surface area contributed by atoms with E-state index in [1.54, 1.807) is 0 Å². The smallest absolute Gasteiger partial charge is 0.199 e. The molecule has 210 valence electrons. The molecule has 2 heterocycles. The van der Waals surface area contributed by atoms with Crippen LogP contribution in [-0.4, -0.2) is 55.8 Å². The van der Waals surface area contributed by atoms with E-state index in [0.29, 0.717) is 25.9 Å². The van der Waals surface area contributed by atoms with Crippen LogP contribution < -0.4 is 33.1 Å². The Hall–Kier alpha value is -5.36. The molecule has 4 aromatic rings. The molecule has 0 spiro atoms. The zero-order valence-electron chi connectivity index (χ0n) is 20.6. The third kappa shape index (κ3) is 6.74. The average molecular weight is 559 g/mol. The lowest BCUT2D eigenvalue weighted by Gasteiger charge is -2.10. The first kappa shape index (κ1) is 27.7. The van der Waals surface area contributed by atoms with Crippen LogP contribution in [0.25, 0.3) is 0 Å². The van der Waals surface area contributed by atoms with Crippen LogP contribution in [0.1, 0.15) is 24.2 Å². The molecule has 0 unspecified atom stereocenters. The summed E-state index contributed by atoms with van der Waals surface area (Å²) in [6.45, 7) is 0.915. The van der Waals surface area contributed by atoms with Gasteiger partial charge in [-0.2, -0.15) is 0 Å². The van der Waals surface area contributed by atoms with E-state index < -0.39 is 11.6 Å². The molecule has 16 nitrogen and oxygen atoms in total. The Morgan fingerprint density at radius 3 is 1.48 bits per heavy atom. The quantitative estimate of drug-likeness (QED) is 0.0570. The van der Waals surface area contributed by atoms with Gasteiger partial charge in [0, 0.05) is 25.2 Å². The van der Waals surface area contributed by atoms with E-state index in [2.05, 4.69) is 50.5 Å². The van der Waals surface area contributed by atoms with Crippen LogP contribution in [0.4, 0.5) is 43.2 Å². The number of nitrogens with zero attached hydrogens (tertiary/aromatic N) is 6. The van der Waals surface area contributed by atoms with Gasteiger partial charge in [0.2, 0.25) is 0 Å². The van der Waals surface area contributed by atoms with Crippen molar-refractivity contribution in [1.82, 2.24) is 31.6 Å². The molecule has 0 saturated carbocycles. The van der Waals surface area contributed by atoms with Crippen molar-refractivity contribution in [3.05, 3.63) is 59.4 Å². The predicted octanol–water partition coefficient (Wildman–Crippen LogP) is 2.31. The Labute approximate surface area is 224 Å². The molecule has 0 radical (unpaired) electrons. The van der Waals surface area contributed by atoms with Gasteiger partial charge >= 0.3 is 0 Å². The molecule has 18 heteroatoms. The number of amidine groups is 2. The Morgan fingerprint density at radius 1 is 0.725 bits per heavy atom. The molecule has 0 saturated heterocycles. The van der Waals surface area contributed by atoms with Crippen LogP contribution in [0.5, 0.6) is 0 Å². The van der Waals surface area contributed by atoms with Crippen LogP contribution in [0.15, 0.2) is 55.6 Å². The van der Waals surface area contributed by atoms with E-state index in [1.165, 1.54) is 36.4 Å². The number of unbranched alkanes of at least 4 members (excludes halogenated alkanes) is 1. The highest BCUT2D eigenvalue weighted by Crippen LogP contribution is 2.24. The molecule has 40 heavy (non-hydrogen) atoms. The van der Waals surface area contributed by atoms with E-state index in [1.807, 2.05) is 11.0 Å². The summed E-state index contributed by atoms with van der Waals surface area (Å²) in [4.78, 5) is 8.10. The summed E-state index contributed by atoms with van der Waals surface area (Å²) in [7, 11) is 0. The lowest BCUT2D eigenvalue weighted by molar-refractivity contribution is 0.233. The number of hydrogen-bond acceptors (Lipinski definition) is 14. The zero-order chi connectivity index (χ0) is 28.5. The Balaban J connectivity index is 1.24. The molecule has 4 rings (SSSR count). The van der Waals surface area contributed by atoms with E-state index in [-0.39, 0.29) is 57.4 Å². The maximum absolute atomic E-state index is 14.5. The van der Waals surface area contributed by atoms with E-state index in [9.17, 15) is 19.2 Å². The minimum atomic E-state index is -0.560. The Morgan fingerprint density at radius 2 is 1.15 bits per heavy atom. The van der Waals surface area contributed by atoms with Gasteiger partial charge in [-0.15, -0.1) is 0 Å². The lowest BCUT2D eigenvalue weighted by atomic mass is 10.2. The Kier molecular flexibility index (Phi) is 8.95. The molecule has 10 N–H and O–H groups in total. The van der Waals surface area contributed by atoms with Gasteiger partial charge in [0.1, 0.15) is 11.6 Å². The van der Waals surface area contributed by atoms with Crippen molar-refractivity contribution < 1.29 is 28.5 Å².